The molecule has 4 nitrogen and oxygen atoms in total. The summed E-state index contributed by atoms with van der Waals surface area (Å²) in [6, 6.07) is 0. The van der Waals surface area contributed by atoms with E-state index < -0.39 is 12.6 Å². The van der Waals surface area contributed by atoms with E-state index >= 15 is 0 Å². The third-order valence-corrected chi connectivity index (χ3v) is 8.83. The second-order valence-electron chi connectivity index (χ2n) is 10.3. The molecule has 3 aliphatic carbocycles. The van der Waals surface area contributed by atoms with Crippen molar-refractivity contribution in [1.82, 2.24) is 15.2 Å². The second kappa shape index (κ2) is 10.3. The molecule has 0 radical (unpaired) electrons. The van der Waals surface area contributed by atoms with Gasteiger partial charge in [-0.05, 0) is 73.5 Å². The zero-order chi connectivity index (χ0) is 23.5. The van der Waals surface area contributed by atoms with Crippen LogP contribution in [0.25, 0.3) is 0 Å². The van der Waals surface area contributed by atoms with Crippen LogP contribution in [0.3, 0.4) is 0 Å². The molecule has 0 aliphatic heterocycles. The van der Waals surface area contributed by atoms with E-state index in [4.69, 9.17) is 0 Å². The van der Waals surface area contributed by atoms with Gasteiger partial charge in [0.2, 0.25) is 0 Å². The van der Waals surface area contributed by atoms with Crippen molar-refractivity contribution in [3.63, 3.8) is 0 Å². The first-order valence-corrected chi connectivity index (χ1v) is 12.7. The second-order valence-corrected chi connectivity index (χ2v) is 10.3. The SMILES string of the molecule is CC.CCCC1C(CC(F)(F)F)CCC2C1CCC1(C)C(C(=O)Cc3ncn[nH]3)CCC21. The maximum absolute atomic E-state index is 13.2. The van der Waals surface area contributed by atoms with E-state index in [1.54, 1.807) is 0 Å². The molecule has 1 N–H and O–H groups in total. The number of carbonyl (C=O) groups excluding carboxylic acids is 1. The number of carbonyl (C=O) groups is 1. The molecule has 182 valence electrons. The molecule has 3 aliphatic rings. The Labute approximate surface area is 190 Å². The Morgan fingerprint density at radius 3 is 2.53 bits per heavy atom. The molecular weight excluding hydrogens is 415 g/mol. The van der Waals surface area contributed by atoms with Gasteiger partial charge >= 0.3 is 6.18 Å². The molecule has 7 atom stereocenters. The highest BCUT2D eigenvalue weighted by atomic mass is 19.4. The van der Waals surface area contributed by atoms with Crippen molar-refractivity contribution < 1.29 is 18.0 Å². The van der Waals surface area contributed by atoms with Gasteiger partial charge in [-0.2, -0.15) is 18.3 Å². The van der Waals surface area contributed by atoms with E-state index in [-0.39, 0.29) is 29.0 Å². The number of nitrogens with zero attached hydrogens (tertiary/aromatic N) is 2. The third-order valence-electron chi connectivity index (χ3n) is 8.83. The maximum atomic E-state index is 13.2. The number of hydrogen-bond donors (Lipinski definition) is 1. The van der Waals surface area contributed by atoms with Gasteiger partial charge in [0, 0.05) is 12.3 Å². The number of hydrogen-bond acceptors (Lipinski definition) is 3. The Morgan fingerprint density at radius 2 is 1.91 bits per heavy atom. The van der Waals surface area contributed by atoms with Crippen LogP contribution in [0.2, 0.25) is 0 Å². The quantitative estimate of drug-likeness (QED) is 0.514. The Morgan fingerprint density at radius 1 is 1.16 bits per heavy atom. The summed E-state index contributed by atoms with van der Waals surface area (Å²) in [7, 11) is 0. The number of alkyl halides is 3. The van der Waals surface area contributed by atoms with Crippen LogP contribution < -0.4 is 0 Å². The molecule has 0 saturated heterocycles. The number of ketones is 1. The number of fused-ring (bicyclic) bond motifs is 3. The van der Waals surface area contributed by atoms with Crippen molar-refractivity contribution in [2.45, 2.75) is 98.1 Å². The minimum Gasteiger partial charge on any atom is -0.299 e. The van der Waals surface area contributed by atoms with Crippen LogP contribution in [0.5, 0.6) is 0 Å². The molecule has 1 aromatic rings. The predicted molar refractivity (Wildman–Crippen MR) is 119 cm³/mol. The summed E-state index contributed by atoms with van der Waals surface area (Å²) in [5.41, 5.74) is -0.0219. The maximum Gasteiger partial charge on any atom is 0.389 e. The fourth-order valence-corrected chi connectivity index (χ4v) is 7.70. The molecule has 0 bridgehead atoms. The van der Waals surface area contributed by atoms with Crippen LogP contribution >= 0.6 is 0 Å². The Kier molecular flexibility index (Phi) is 8.08. The van der Waals surface area contributed by atoms with Gasteiger partial charge in [0.1, 0.15) is 17.9 Å². The lowest BCUT2D eigenvalue weighted by Crippen LogP contribution is -2.49. The van der Waals surface area contributed by atoms with Crippen LogP contribution in [-0.2, 0) is 11.2 Å². The van der Waals surface area contributed by atoms with Gasteiger partial charge in [-0.1, -0.05) is 40.5 Å². The van der Waals surface area contributed by atoms with E-state index in [9.17, 15) is 18.0 Å². The number of aromatic nitrogens is 3. The van der Waals surface area contributed by atoms with E-state index in [2.05, 4.69) is 29.0 Å². The van der Waals surface area contributed by atoms with E-state index in [1.807, 2.05) is 13.8 Å². The normalized spacial score (nSPS) is 36.6. The minimum atomic E-state index is -4.07. The lowest BCUT2D eigenvalue weighted by molar-refractivity contribution is -0.161. The minimum absolute atomic E-state index is 0.0219. The number of H-pyrrole nitrogens is 1. The Hall–Kier alpha value is -1.40. The summed E-state index contributed by atoms with van der Waals surface area (Å²) in [6.07, 6.45) is 4.35. The smallest absolute Gasteiger partial charge is 0.299 e. The van der Waals surface area contributed by atoms with Crippen molar-refractivity contribution in [3.05, 3.63) is 12.2 Å². The number of Topliss-reactive ketones (excluding diaryl/α,β-unsaturated/α-hetero) is 1. The van der Waals surface area contributed by atoms with Gasteiger partial charge in [0.15, 0.2) is 0 Å². The highest BCUT2D eigenvalue weighted by Gasteiger charge is 2.58. The van der Waals surface area contributed by atoms with Crippen molar-refractivity contribution in [2.24, 2.45) is 40.9 Å². The van der Waals surface area contributed by atoms with Crippen LogP contribution in [0, 0.1) is 40.9 Å². The average Bonchev–Trinajstić information content (AvgIpc) is 3.37. The van der Waals surface area contributed by atoms with Gasteiger partial charge in [0.25, 0.3) is 0 Å². The summed E-state index contributed by atoms with van der Waals surface area (Å²) >= 11 is 0. The van der Waals surface area contributed by atoms with Crippen molar-refractivity contribution >= 4 is 5.78 Å². The molecule has 0 amide bonds. The zero-order valence-electron chi connectivity index (χ0n) is 20.0. The molecular formula is C25H40F3N3O. The van der Waals surface area contributed by atoms with Crippen molar-refractivity contribution in [3.8, 4) is 0 Å². The molecule has 1 heterocycles. The number of nitrogens with one attached hydrogen (secondary N) is 1. The van der Waals surface area contributed by atoms with E-state index in [0.717, 1.165) is 44.9 Å². The van der Waals surface area contributed by atoms with Gasteiger partial charge in [-0.15, -0.1) is 0 Å². The fourth-order valence-electron chi connectivity index (χ4n) is 7.70. The summed E-state index contributed by atoms with van der Waals surface area (Å²) in [5.74, 6) is 2.20. The Balaban J connectivity index is 0.00000141. The average molecular weight is 456 g/mol. The molecule has 0 spiro atoms. The number of rotatable bonds is 6. The van der Waals surface area contributed by atoms with Crippen LogP contribution in [0.1, 0.15) is 91.3 Å². The van der Waals surface area contributed by atoms with Gasteiger partial charge < -0.3 is 0 Å². The lowest BCUT2D eigenvalue weighted by atomic mass is 9.50. The Bertz CT molecular complexity index is 735. The highest BCUT2D eigenvalue weighted by Crippen LogP contribution is 2.64. The van der Waals surface area contributed by atoms with Crippen LogP contribution in [-0.4, -0.2) is 27.1 Å². The van der Waals surface area contributed by atoms with E-state index in [0.29, 0.717) is 36.4 Å². The third kappa shape index (κ3) is 5.06. The first kappa shape index (κ1) is 25.2. The molecule has 7 heteroatoms. The molecule has 0 aromatic carbocycles. The van der Waals surface area contributed by atoms with Crippen molar-refractivity contribution in [1.29, 1.82) is 0 Å². The molecule has 32 heavy (non-hydrogen) atoms. The summed E-state index contributed by atoms with van der Waals surface area (Å²) < 4.78 is 39.6. The standard InChI is InChI=1S/C23H34F3N3O.C2H6/c1-3-4-15-14(12-23(24,25)26)5-6-17-16(15)9-10-22(2)18(17)7-8-19(22)20(30)11-21-27-13-28-29-21;1-2/h13-19H,3-12H2,1-2H3,(H,27,28,29);1-2H3. The molecule has 3 fully saturated rings. The first-order valence-electron chi connectivity index (χ1n) is 12.7. The first-order chi connectivity index (χ1) is 15.2. The van der Waals surface area contributed by atoms with Crippen LogP contribution in [0.4, 0.5) is 13.2 Å². The lowest BCUT2D eigenvalue weighted by Gasteiger charge is -2.54. The number of halogens is 3. The highest BCUT2D eigenvalue weighted by molar-refractivity contribution is 5.83. The van der Waals surface area contributed by atoms with Gasteiger partial charge in [0.05, 0.1) is 6.42 Å². The van der Waals surface area contributed by atoms with Gasteiger partial charge in [-0.3, -0.25) is 9.89 Å². The topological polar surface area (TPSA) is 58.6 Å². The molecule has 3 saturated carbocycles. The summed E-state index contributed by atoms with van der Waals surface area (Å²) in [5, 5.41) is 6.64. The van der Waals surface area contributed by atoms with Crippen molar-refractivity contribution in [2.75, 3.05) is 0 Å². The van der Waals surface area contributed by atoms with Crippen LogP contribution in [0.15, 0.2) is 6.33 Å². The monoisotopic (exact) mass is 455 g/mol. The zero-order valence-corrected chi connectivity index (χ0v) is 20.0. The molecule has 1 aromatic heterocycles. The molecule has 4 rings (SSSR count). The summed E-state index contributed by atoms with van der Waals surface area (Å²) in [6.45, 7) is 8.37. The number of aromatic amines is 1. The summed E-state index contributed by atoms with van der Waals surface area (Å²) in [4.78, 5) is 17.2. The van der Waals surface area contributed by atoms with Gasteiger partial charge in [-0.25, -0.2) is 4.98 Å². The fraction of sp³-hybridized carbons (Fsp3) is 0.880. The molecule has 7 unspecified atom stereocenters. The largest absolute Gasteiger partial charge is 0.389 e. The van der Waals surface area contributed by atoms with E-state index in [1.165, 1.54) is 6.33 Å². The predicted octanol–water partition coefficient (Wildman–Crippen LogP) is 6.78.